The Balaban J connectivity index is 1.69. The lowest BCUT2D eigenvalue weighted by atomic mass is 10.1. The summed E-state index contributed by atoms with van der Waals surface area (Å²) >= 11 is 0. The Morgan fingerprint density at radius 1 is 1.14 bits per heavy atom. The number of aryl methyl sites for hydroxylation is 1. The first kappa shape index (κ1) is 13.2. The fraction of sp³-hybridized carbons (Fsp3) is 0.125. The van der Waals surface area contributed by atoms with Crippen molar-refractivity contribution in [2.75, 3.05) is 5.73 Å². The van der Waals surface area contributed by atoms with E-state index in [0.29, 0.717) is 23.2 Å². The number of nitrogens with zero attached hydrogens (tertiary/aromatic N) is 2. The van der Waals surface area contributed by atoms with Crippen molar-refractivity contribution in [2.45, 2.75) is 13.5 Å². The number of nitrogen functional groups attached to an aromatic ring is 1. The zero-order valence-corrected chi connectivity index (χ0v) is 11.6. The van der Waals surface area contributed by atoms with Crippen LogP contribution in [0.15, 0.2) is 53.1 Å². The third-order valence-corrected chi connectivity index (χ3v) is 2.99. The van der Waals surface area contributed by atoms with Gasteiger partial charge in [-0.15, -0.1) is 0 Å². The summed E-state index contributed by atoms with van der Waals surface area (Å²) in [5.41, 5.74) is 8.39. The van der Waals surface area contributed by atoms with Crippen molar-refractivity contribution in [1.82, 2.24) is 10.1 Å². The molecule has 3 aromatic rings. The van der Waals surface area contributed by atoms with Crippen LogP contribution >= 0.6 is 0 Å². The van der Waals surface area contributed by atoms with E-state index in [2.05, 4.69) is 10.1 Å². The van der Waals surface area contributed by atoms with Crippen LogP contribution in [0.3, 0.4) is 0 Å². The van der Waals surface area contributed by atoms with E-state index in [1.165, 1.54) is 0 Å². The largest absolute Gasteiger partial charge is 0.484 e. The van der Waals surface area contributed by atoms with Crippen molar-refractivity contribution >= 4 is 5.69 Å². The van der Waals surface area contributed by atoms with Gasteiger partial charge in [0.25, 0.3) is 5.89 Å². The highest BCUT2D eigenvalue weighted by Gasteiger charge is 2.09. The van der Waals surface area contributed by atoms with Crippen molar-refractivity contribution in [3.63, 3.8) is 0 Å². The molecule has 0 bridgehead atoms. The standard InChI is InChI=1S/C16H15N3O2/c1-11-3-2-4-12(9-11)16-18-15(21-19-16)10-20-14-7-5-13(17)6-8-14/h2-9H,10,17H2,1H3. The number of aromatic nitrogens is 2. The van der Waals surface area contributed by atoms with Gasteiger partial charge in [-0.3, -0.25) is 0 Å². The van der Waals surface area contributed by atoms with E-state index >= 15 is 0 Å². The zero-order chi connectivity index (χ0) is 14.7. The molecule has 1 heterocycles. The first-order valence-electron chi connectivity index (χ1n) is 6.59. The van der Waals surface area contributed by atoms with Crippen molar-refractivity contribution in [3.05, 3.63) is 60.0 Å². The molecule has 0 aliphatic heterocycles. The van der Waals surface area contributed by atoms with Crippen LogP contribution in [0, 0.1) is 6.92 Å². The second-order valence-electron chi connectivity index (χ2n) is 4.74. The van der Waals surface area contributed by atoms with Crippen LogP contribution in [0.25, 0.3) is 11.4 Å². The number of rotatable bonds is 4. The summed E-state index contributed by atoms with van der Waals surface area (Å²) in [5.74, 6) is 1.71. The smallest absolute Gasteiger partial charge is 0.264 e. The highest BCUT2D eigenvalue weighted by atomic mass is 16.5. The molecule has 21 heavy (non-hydrogen) atoms. The molecule has 0 amide bonds. The fourth-order valence-corrected chi connectivity index (χ4v) is 1.92. The maximum absolute atomic E-state index is 5.62. The Hall–Kier alpha value is -2.82. The molecule has 0 unspecified atom stereocenters. The molecule has 0 saturated heterocycles. The van der Waals surface area contributed by atoms with Gasteiger partial charge in [-0.1, -0.05) is 28.9 Å². The Morgan fingerprint density at radius 3 is 2.71 bits per heavy atom. The van der Waals surface area contributed by atoms with E-state index < -0.39 is 0 Å². The number of anilines is 1. The molecule has 1 aromatic heterocycles. The molecule has 0 spiro atoms. The lowest BCUT2D eigenvalue weighted by Crippen LogP contribution is -1.96. The van der Waals surface area contributed by atoms with Gasteiger partial charge in [0.15, 0.2) is 6.61 Å². The number of benzene rings is 2. The molecule has 3 rings (SSSR count). The average molecular weight is 281 g/mol. The normalized spacial score (nSPS) is 10.5. The van der Waals surface area contributed by atoms with Crippen LogP contribution in [0.4, 0.5) is 5.69 Å². The predicted molar refractivity (Wildman–Crippen MR) is 79.7 cm³/mol. The summed E-state index contributed by atoms with van der Waals surface area (Å²) in [6.07, 6.45) is 0. The first-order chi connectivity index (χ1) is 10.2. The van der Waals surface area contributed by atoms with Gasteiger partial charge in [0.2, 0.25) is 5.82 Å². The molecule has 0 fully saturated rings. The molecule has 5 heteroatoms. The summed E-state index contributed by atoms with van der Waals surface area (Å²) < 4.78 is 10.8. The molecule has 0 saturated carbocycles. The van der Waals surface area contributed by atoms with Crippen LogP contribution < -0.4 is 10.5 Å². The Morgan fingerprint density at radius 2 is 1.95 bits per heavy atom. The third-order valence-electron chi connectivity index (χ3n) is 2.99. The molecule has 0 atom stereocenters. The molecular weight excluding hydrogens is 266 g/mol. The highest BCUT2D eigenvalue weighted by molar-refractivity contribution is 5.55. The summed E-state index contributed by atoms with van der Waals surface area (Å²) in [5, 5.41) is 3.97. The van der Waals surface area contributed by atoms with Crippen LogP contribution in [-0.2, 0) is 6.61 Å². The van der Waals surface area contributed by atoms with Crippen molar-refractivity contribution in [3.8, 4) is 17.1 Å². The van der Waals surface area contributed by atoms with Gasteiger partial charge in [-0.05, 0) is 37.3 Å². The SMILES string of the molecule is Cc1cccc(-c2noc(COc3ccc(N)cc3)n2)c1. The molecule has 106 valence electrons. The molecule has 0 aliphatic carbocycles. The van der Waals surface area contributed by atoms with Crippen molar-refractivity contribution < 1.29 is 9.26 Å². The van der Waals surface area contributed by atoms with Crippen LogP contribution in [-0.4, -0.2) is 10.1 Å². The van der Waals surface area contributed by atoms with E-state index in [4.69, 9.17) is 15.0 Å². The van der Waals surface area contributed by atoms with Gasteiger partial charge in [-0.2, -0.15) is 4.98 Å². The quantitative estimate of drug-likeness (QED) is 0.743. The Labute approximate surface area is 122 Å². The maximum atomic E-state index is 5.62. The minimum atomic E-state index is 0.225. The lowest BCUT2D eigenvalue weighted by Gasteiger charge is -2.02. The van der Waals surface area contributed by atoms with E-state index in [1.807, 2.05) is 31.2 Å². The number of hydrogen-bond donors (Lipinski definition) is 1. The lowest BCUT2D eigenvalue weighted by molar-refractivity contribution is 0.243. The van der Waals surface area contributed by atoms with Crippen molar-refractivity contribution in [1.29, 1.82) is 0 Å². The minimum Gasteiger partial charge on any atom is -0.484 e. The Kier molecular flexibility index (Phi) is 3.55. The zero-order valence-electron chi connectivity index (χ0n) is 11.6. The maximum Gasteiger partial charge on any atom is 0.264 e. The van der Waals surface area contributed by atoms with Gasteiger partial charge in [0.1, 0.15) is 5.75 Å². The van der Waals surface area contributed by atoms with Crippen LogP contribution in [0.1, 0.15) is 11.5 Å². The summed E-state index contributed by atoms with van der Waals surface area (Å²) in [4.78, 5) is 4.33. The second-order valence-corrected chi connectivity index (χ2v) is 4.74. The molecule has 5 nitrogen and oxygen atoms in total. The van der Waals surface area contributed by atoms with Crippen LogP contribution in [0.2, 0.25) is 0 Å². The summed E-state index contributed by atoms with van der Waals surface area (Å²) in [6.45, 7) is 2.25. The van der Waals surface area contributed by atoms with Crippen molar-refractivity contribution in [2.24, 2.45) is 0 Å². The minimum absolute atomic E-state index is 0.225. The number of hydrogen-bond acceptors (Lipinski definition) is 5. The summed E-state index contributed by atoms with van der Waals surface area (Å²) in [7, 11) is 0. The van der Waals surface area contributed by atoms with Gasteiger partial charge in [-0.25, -0.2) is 0 Å². The molecule has 0 radical (unpaired) electrons. The molecule has 2 N–H and O–H groups in total. The summed E-state index contributed by atoms with van der Waals surface area (Å²) in [6, 6.07) is 15.1. The fourth-order valence-electron chi connectivity index (χ4n) is 1.92. The highest BCUT2D eigenvalue weighted by Crippen LogP contribution is 2.18. The van der Waals surface area contributed by atoms with Gasteiger partial charge >= 0.3 is 0 Å². The van der Waals surface area contributed by atoms with E-state index in [-0.39, 0.29) is 6.61 Å². The molecule has 2 aromatic carbocycles. The average Bonchev–Trinajstić information content (AvgIpc) is 2.96. The number of ether oxygens (including phenoxy) is 1. The number of nitrogens with two attached hydrogens (primary N) is 1. The van der Waals surface area contributed by atoms with Crippen LogP contribution in [0.5, 0.6) is 5.75 Å². The monoisotopic (exact) mass is 281 g/mol. The first-order valence-corrected chi connectivity index (χ1v) is 6.59. The van der Waals surface area contributed by atoms with E-state index in [1.54, 1.807) is 24.3 Å². The van der Waals surface area contributed by atoms with Gasteiger partial charge in [0, 0.05) is 11.3 Å². The Bertz CT molecular complexity index is 735. The molecule has 0 aliphatic rings. The third kappa shape index (κ3) is 3.20. The van der Waals surface area contributed by atoms with E-state index in [0.717, 1.165) is 11.1 Å². The second kappa shape index (κ2) is 5.66. The molecular formula is C16H15N3O2. The van der Waals surface area contributed by atoms with Gasteiger partial charge < -0.3 is 15.0 Å². The topological polar surface area (TPSA) is 74.2 Å². The van der Waals surface area contributed by atoms with E-state index in [9.17, 15) is 0 Å². The van der Waals surface area contributed by atoms with Gasteiger partial charge in [0.05, 0.1) is 0 Å². The predicted octanol–water partition coefficient (Wildman–Crippen LogP) is 3.21.